The van der Waals surface area contributed by atoms with E-state index < -0.39 is 17.3 Å². The van der Waals surface area contributed by atoms with Crippen LogP contribution in [0.25, 0.3) is 0 Å². The highest BCUT2D eigenvalue weighted by molar-refractivity contribution is 5.68. The number of nitrogens with zero attached hydrogens (tertiary/aromatic N) is 2. The predicted molar refractivity (Wildman–Crippen MR) is 119 cm³/mol. The topological polar surface area (TPSA) is 60.9 Å². The molecule has 4 rings (SSSR count). The van der Waals surface area contributed by atoms with Crippen LogP contribution in [0.2, 0.25) is 0 Å². The molecule has 1 spiro atoms. The number of alkyl halides is 3. The van der Waals surface area contributed by atoms with Gasteiger partial charge < -0.3 is 19.1 Å². The zero-order valence-corrected chi connectivity index (χ0v) is 19.5. The second-order valence-corrected chi connectivity index (χ2v) is 9.92. The third-order valence-corrected chi connectivity index (χ3v) is 6.15. The van der Waals surface area contributed by atoms with Crippen LogP contribution in [0, 0.1) is 0 Å². The van der Waals surface area contributed by atoms with Crippen LogP contribution in [-0.2, 0) is 15.7 Å². The number of carbonyl (C=O) groups excluding carboxylic acids is 1. The van der Waals surface area contributed by atoms with Crippen molar-refractivity contribution in [2.45, 2.75) is 63.3 Å². The maximum Gasteiger partial charge on any atom is 0.417 e. The molecule has 6 nitrogen and oxygen atoms in total. The van der Waals surface area contributed by atoms with Gasteiger partial charge in [0.25, 0.3) is 0 Å². The van der Waals surface area contributed by atoms with Crippen molar-refractivity contribution in [3.8, 4) is 11.6 Å². The molecule has 0 aliphatic carbocycles. The van der Waals surface area contributed by atoms with E-state index in [1.165, 1.54) is 6.07 Å². The van der Waals surface area contributed by atoms with E-state index in [9.17, 15) is 18.0 Å². The molecule has 2 aliphatic heterocycles. The fraction of sp³-hybridized carbons (Fsp3) is 0.520. The van der Waals surface area contributed by atoms with Crippen molar-refractivity contribution in [1.82, 2.24) is 9.88 Å². The van der Waals surface area contributed by atoms with E-state index in [4.69, 9.17) is 14.2 Å². The summed E-state index contributed by atoms with van der Waals surface area (Å²) < 4.78 is 55.6. The van der Waals surface area contributed by atoms with Crippen LogP contribution >= 0.6 is 0 Å². The number of rotatable bonds is 3. The molecule has 0 bridgehead atoms. The third-order valence-electron chi connectivity index (χ3n) is 6.15. The number of hydrogen-bond acceptors (Lipinski definition) is 5. The van der Waals surface area contributed by atoms with Gasteiger partial charge in [0.1, 0.15) is 11.4 Å². The molecule has 1 atom stereocenters. The van der Waals surface area contributed by atoms with Gasteiger partial charge in [0.15, 0.2) is 0 Å². The number of pyridine rings is 1. The van der Waals surface area contributed by atoms with Crippen molar-refractivity contribution in [3.63, 3.8) is 0 Å². The lowest BCUT2D eigenvalue weighted by molar-refractivity contribution is -0.137. The van der Waals surface area contributed by atoms with Gasteiger partial charge in [-0.3, -0.25) is 0 Å². The van der Waals surface area contributed by atoms with Gasteiger partial charge in [-0.05, 0) is 63.8 Å². The maximum absolute atomic E-state index is 12.7. The standard InChI is InChI=1S/C25H29F3N2O4/c1-23(2,3)34-22(31)30-11-9-24(10-12-30)14-18(16-32-24)17-5-4-6-20(13-17)33-21-8-7-19(15-29-21)25(26,27)28/h4-8,13,15,18H,9-12,14,16H2,1-3H3/t18-/m1/s1. The molecule has 3 heterocycles. The van der Waals surface area contributed by atoms with Gasteiger partial charge in [0.05, 0.1) is 17.8 Å². The number of hydrogen-bond donors (Lipinski definition) is 0. The molecule has 0 radical (unpaired) electrons. The summed E-state index contributed by atoms with van der Waals surface area (Å²) in [6.07, 6.45) is -1.65. The van der Waals surface area contributed by atoms with E-state index in [0.717, 1.165) is 37.1 Å². The van der Waals surface area contributed by atoms with E-state index in [-0.39, 0.29) is 23.5 Å². The zero-order valence-electron chi connectivity index (χ0n) is 19.5. The van der Waals surface area contributed by atoms with Gasteiger partial charge >= 0.3 is 12.3 Å². The predicted octanol–water partition coefficient (Wildman–Crippen LogP) is 6.17. The Bertz CT molecular complexity index is 1010. The van der Waals surface area contributed by atoms with Crippen molar-refractivity contribution in [2.24, 2.45) is 0 Å². The van der Waals surface area contributed by atoms with E-state index in [0.29, 0.717) is 25.4 Å². The summed E-state index contributed by atoms with van der Waals surface area (Å²) >= 11 is 0. The Morgan fingerprint density at radius 2 is 1.88 bits per heavy atom. The maximum atomic E-state index is 12.7. The molecule has 2 saturated heterocycles. The SMILES string of the molecule is CC(C)(C)OC(=O)N1CCC2(CC1)C[C@@H](c1cccc(Oc3ccc(C(F)(F)F)cn3)c1)CO2. The van der Waals surface area contributed by atoms with Crippen molar-refractivity contribution < 1.29 is 32.2 Å². The second kappa shape index (κ2) is 9.09. The molecule has 0 saturated carbocycles. The Morgan fingerprint density at radius 3 is 2.50 bits per heavy atom. The Hall–Kier alpha value is -2.81. The van der Waals surface area contributed by atoms with Gasteiger partial charge in [0.2, 0.25) is 5.88 Å². The summed E-state index contributed by atoms with van der Waals surface area (Å²) in [5, 5.41) is 0. The highest BCUT2D eigenvalue weighted by Gasteiger charge is 2.44. The minimum Gasteiger partial charge on any atom is -0.444 e. The fourth-order valence-corrected chi connectivity index (χ4v) is 4.39. The summed E-state index contributed by atoms with van der Waals surface area (Å²) in [5.41, 5.74) is -0.574. The van der Waals surface area contributed by atoms with Crippen LogP contribution in [0.3, 0.4) is 0 Å². The van der Waals surface area contributed by atoms with Crippen LogP contribution in [0.1, 0.15) is 57.1 Å². The molecule has 2 aromatic rings. The lowest BCUT2D eigenvalue weighted by Crippen LogP contribution is -2.47. The molecule has 0 unspecified atom stereocenters. The number of aromatic nitrogens is 1. The van der Waals surface area contributed by atoms with Crippen LogP contribution in [-0.4, -0.2) is 46.9 Å². The Balaban J connectivity index is 1.36. The molecule has 9 heteroatoms. The van der Waals surface area contributed by atoms with Gasteiger partial charge in [-0.2, -0.15) is 13.2 Å². The lowest BCUT2D eigenvalue weighted by Gasteiger charge is -2.39. The highest BCUT2D eigenvalue weighted by Crippen LogP contribution is 2.43. The molecule has 1 aromatic heterocycles. The lowest BCUT2D eigenvalue weighted by atomic mass is 9.83. The molecule has 1 amide bonds. The van der Waals surface area contributed by atoms with Gasteiger partial charge in [0, 0.05) is 31.3 Å². The quantitative estimate of drug-likeness (QED) is 0.528. The zero-order chi connectivity index (χ0) is 24.6. The summed E-state index contributed by atoms with van der Waals surface area (Å²) in [5.74, 6) is 0.765. The molecule has 2 aliphatic rings. The van der Waals surface area contributed by atoms with Crippen LogP contribution in [0.4, 0.5) is 18.0 Å². The summed E-state index contributed by atoms with van der Waals surface area (Å²) in [6.45, 7) is 7.30. The van der Waals surface area contributed by atoms with Gasteiger partial charge in [-0.25, -0.2) is 9.78 Å². The van der Waals surface area contributed by atoms with Gasteiger partial charge in [-0.15, -0.1) is 0 Å². The third kappa shape index (κ3) is 5.81. The fourth-order valence-electron chi connectivity index (χ4n) is 4.39. The molecular weight excluding hydrogens is 449 g/mol. The first-order valence-electron chi connectivity index (χ1n) is 11.4. The highest BCUT2D eigenvalue weighted by atomic mass is 19.4. The van der Waals surface area contributed by atoms with Crippen LogP contribution in [0.15, 0.2) is 42.6 Å². The number of halogens is 3. The number of ether oxygens (including phenoxy) is 3. The van der Waals surface area contributed by atoms with E-state index in [1.807, 2.05) is 39.0 Å². The van der Waals surface area contributed by atoms with E-state index in [2.05, 4.69) is 4.98 Å². The molecule has 34 heavy (non-hydrogen) atoms. The second-order valence-electron chi connectivity index (χ2n) is 9.92. The first-order chi connectivity index (χ1) is 15.9. The largest absolute Gasteiger partial charge is 0.444 e. The van der Waals surface area contributed by atoms with Gasteiger partial charge in [-0.1, -0.05) is 12.1 Å². The molecule has 1 aromatic carbocycles. The normalized spacial score (nSPS) is 20.4. The molecule has 2 fully saturated rings. The smallest absolute Gasteiger partial charge is 0.417 e. The van der Waals surface area contributed by atoms with E-state index in [1.54, 1.807) is 11.0 Å². The number of benzene rings is 1. The number of piperidine rings is 1. The monoisotopic (exact) mass is 478 g/mol. The molecular formula is C25H29F3N2O4. The molecule has 0 N–H and O–H groups in total. The van der Waals surface area contributed by atoms with E-state index >= 15 is 0 Å². The van der Waals surface area contributed by atoms with Crippen molar-refractivity contribution in [3.05, 3.63) is 53.7 Å². The minimum atomic E-state index is -4.44. The average molecular weight is 479 g/mol. The Morgan fingerprint density at radius 1 is 1.15 bits per heavy atom. The number of carbonyl (C=O) groups is 1. The Kier molecular flexibility index (Phi) is 6.50. The summed E-state index contributed by atoms with van der Waals surface area (Å²) in [7, 11) is 0. The average Bonchev–Trinajstić information content (AvgIpc) is 3.16. The summed E-state index contributed by atoms with van der Waals surface area (Å²) in [4.78, 5) is 17.9. The Labute approximate surface area is 197 Å². The van der Waals surface area contributed by atoms with Crippen LogP contribution < -0.4 is 4.74 Å². The molecule has 184 valence electrons. The number of amides is 1. The van der Waals surface area contributed by atoms with Crippen molar-refractivity contribution in [2.75, 3.05) is 19.7 Å². The van der Waals surface area contributed by atoms with Crippen molar-refractivity contribution >= 4 is 6.09 Å². The minimum absolute atomic E-state index is 0.0961. The summed E-state index contributed by atoms with van der Waals surface area (Å²) in [6, 6.07) is 9.63. The number of likely N-dealkylation sites (tertiary alicyclic amines) is 1. The first-order valence-corrected chi connectivity index (χ1v) is 11.4. The van der Waals surface area contributed by atoms with Crippen molar-refractivity contribution in [1.29, 1.82) is 0 Å². The first kappa shape index (κ1) is 24.3. The van der Waals surface area contributed by atoms with Crippen LogP contribution in [0.5, 0.6) is 11.6 Å².